The van der Waals surface area contributed by atoms with Crippen molar-refractivity contribution in [3.63, 3.8) is 0 Å². The van der Waals surface area contributed by atoms with Gasteiger partial charge in [-0.05, 0) is 12.8 Å². The molecule has 1 aliphatic rings. The minimum Gasteiger partial charge on any atom is -0.381 e. The van der Waals surface area contributed by atoms with Crippen molar-refractivity contribution in [3.8, 4) is 0 Å². The Morgan fingerprint density at radius 3 is 2.56 bits per heavy atom. The standard InChI is InChI=1S/C5H11IN2O/c6-8-7-5-1-3-9-4-2-5/h5,7-8H,1-4H2. The van der Waals surface area contributed by atoms with E-state index < -0.39 is 0 Å². The van der Waals surface area contributed by atoms with Gasteiger partial charge >= 0.3 is 0 Å². The minimum absolute atomic E-state index is 0.607. The summed E-state index contributed by atoms with van der Waals surface area (Å²) in [5, 5.41) is 0. The van der Waals surface area contributed by atoms with Gasteiger partial charge in [-0.25, -0.2) is 5.43 Å². The zero-order valence-electron chi connectivity index (χ0n) is 5.19. The Hall–Kier alpha value is 0.610. The van der Waals surface area contributed by atoms with Crippen LogP contribution in [0, 0.1) is 0 Å². The van der Waals surface area contributed by atoms with Crippen molar-refractivity contribution in [1.29, 1.82) is 0 Å². The van der Waals surface area contributed by atoms with Gasteiger partial charge in [-0.3, -0.25) is 0 Å². The summed E-state index contributed by atoms with van der Waals surface area (Å²) in [6.07, 6.45) is 2.24. The lowest BCUT2D eigenvalue weighted by atomic mass is 10.1. The molecule has 3 nitrogen and oxygen atoms in total. The van der Waals surface area contributed by atoms with E-state index in [2.05, 4.69) is 31.9 Å². The quantitative estimate of drug-likeness (QED) is 0.423. The Morgan fingerprint density at radius 1 is 1.33 bits per heavy atom. The molecule has 0 amide bonds. The van der Waals surface area contributed by atoms with Crippen LogP contribution in [0.4, 0.5) is 0 Å². The van der Waals surface area contributed by atoms with Crippen molar-refractivity contribution in [1.82, 2.24) is 9.06 Å². The molecule has 4 heteroatoms. The van der Waals surface area contributed by atoms with E-state index in [0.29, 0.717) is 6.04 Å². The van der Waals surface area contributed by atoms with Gasteiger partial charge in [0.2, 0.25) is 0 Å². The highest BCUT2D eigenvalue weighted by atomic mass is 127. The summed E-state index contributed by atoms with van der Waals surface area (Å²) >= 11 is 2.09. The molecule has 0 aromatic rings. The SMILES string of the molecule is INNC1CCOCC1. The normalized spacial score (nSPS) is 22.3. The van der Waals surface area contributed by atoms with Crippen LogP contribution in [0.3, 0.4) is 0 Å². The molecule has 1 rings (SSSR count). The molecule has 2 N–H and O–H groups in total. The second-order valence-electron chi connectivity index (χ2n) is 2.13. The maximum absolute atomic E-state index is 5.18. The fourth-order valence-electron chi connectivity index (χ4n) is 0.919. The summed E-state index contributed by atoms with van der Waals surface area (Å²) < 4.78 is 8.08. The van der Waals surface area contributed by atoms with E-state index in [9.17, 15) is 0 Å². The molecular formula is C5H11IN2O. The van der Waals surface area contributed by atoms with Crippen LogP contribution in [0.25, 0.3) is 0 Å². The molecule has 54 valence electrons. The molecule has 0 aromatic carbocycles. The van der Waals surface area contributed by atoms with Gasteiger partial charge in [-0.15, -0.1) is 0 Å². The smallest absolute Gasteiger partial charge is 0.0481 e. The summed E-state index contributed by atoms with van der Waals surface area (Å²) in [5.41, 5.74) is 3.14. The highest BCUT2D eigenvalue weighted by Gasteiger charge is 2.11. The van der Waals surface area contributed by atoms with Gasteiger partial charge in [-0.1, -0.05) is 0 Å². The fourth-order valence-corrected chi connectivity index (χ4v) is 1.36. The van der Waals surface area contributed by atoms with E-state index in [4.69, 9.17) is 4.74 Å². The fraction of sp³-hybridized carbons (Fsp3) is 1.00. The molecule has 1 heterocycles. The van der Waals surface area contributed by atoms with E-state index in [1.807, 2.05) is 0 Å². The average molecular weight is 242 g/mol. The zero-order valence-corrected chi connectivity index (χ0v) is 7.35. The molecule has 1 saturated heterocycles. The first-order chi connectivity index (χ1) is 4.43. The molecule has 0 radical (unpaired) electrons. The lowest BCUT2D eigenvalue weighted by Gasteiger charge is -2.21. The first-order valence-corrected chi connectivity index (χ1v) is 4.20. The van der Waals surface area contributed by atoms with Gasteiger partial charge in [0.1, 0.15) is 0 Å². The number of rotatable bonds is 2. The lowest BCUT2D eigenvalue weighted by molar-refractivity contribution is 0.0773. The minimum atomic E-state index is 0.607. The zero-order chi connectivity index (χ0) is 6.53. The number of nitrogens with one attached hydrogen (secondary N) is 2. The summed E-state index contributed by atoms with van der Waals surface area (Å²) in [6.45, 7) is 1.80. The number of ether oxygens (including phenoxy) is 1. The van der Waals surface area contributed by atoms with Gasteiger partial charge in [0, 0.05) is 42.1 Å². The van der Waals surface area contributed by atoms with Crippen molar-refractivity contribution < 1.29 is 4.74 Å². The van der Waals surface area contributed by atoms with Crippen LogP contribution in [-0.4, -0.2) is 19.3 Å². The van der Waals surface area contributed by atoms with E-state index in [-0.39, 0.29) is 0 Å². The number of hydrazine groups is 1. The second-order valence-corrected chi connectivity index (χ2v) is 2.66. The van der Waals surface area contributed by atoms with Crippen molar-refractivity contribution >= 4 is 22.9 Å². The van der Waals surface area contributed by atoms with Gasteiger partial charge in [0.25, 0.3) is 0 Å². The third-order valence-corrected chi connectivity index (χ3v) is 1.79. The van der Waals surface area contributed by atoms with Crippen LogP contribution < -0.4 is 9.06 Å². The van der Waals surface area contributed by atoms with Crippen molar-refractivity contribution in [2.75, 3.05) is 13.2 Å². The molecule has 0 unspecified atom stereocenters. The van der Waals surface area contributed by atoms with E-state index in [0.717, 1.165) is 26.1 Å². The Labute approximate surface area is 69.0 Å². The Bertz CT molecular complexity index is 72.6. The van der Waals surface area contributed by atoms with E-state index >= 15 is 0 Å². The molecule has 1 fully saturated rings. The van der Waals surface area contributed by atoms with Crippen molar-refractivity contribution in [2.24, 2.45) is 0 Å². The Kier molecular flexibility index (Phi) is 3.80. The van der Waals surface area contributed by atoms with Gasteiger partial charge in [-0.2, -0.15) is 3.64 Å². The summed E-state index contributed by atoms with van der Waals surface area (Å²) in [7, 11) is 0. The predicted octanol–water partition coefficient (Wildman–Crippen LogP) is 0.610. The maximum atomic E-state index is 5.18. The van der Waals surface area contributed by atoms with Crippen LogP contribution in [0.1, 0.15) is 12.8 Å². The second kappa shape index (κ2) is 4.43. The first-order valence-electron chi connectivity index (χ1n) is 3.12. The molecular weight excluding hydrogens is 231 g/mol. The van der Waals surface area contributed by atoms with Gasteiger partial charge < -0.3 is 4.74 Å². The molecule has 0 atom stereocenters. The molecule has 0 saturated carbocycles. The molecule has 0 aliphatic carbocycles. The topological polar surface area (TPSA) is 33.3 Å². The molecule has 9 heavy (non-hydrogen) atoms. The monoisotopic (exact) mass is 242 g/mol. The summed E-state index contributed by atoms with van der Waals surface area (Å²) in [4.78, 5) is 0. The van der Waals surface area contributed by atoms with Crippen molar-refractivity contribution in [3.05, 3.63) is 0 Å². The van der Waals surface area contributed by atoms with Crippen LogP contribution >= 0.6 is 22.9 Å². The third-order valence-electron chi connectivity index (χ3n) is 1.48. The van der Waals surface area contributed by atoms with Gasteiger partial charge in [0.05, 0.1) is 0 Å². The lowest BCUT2D eigenvalue weighted by Crippen LogP contribution is -2.39. The average Bonchev–Trinajstić information content (AvgIpc) is 1.91. The molecule has 0 bridgehead atoms. The van der Waals surface area contributed by atoms with E-state index in [1.165, 1.54) is 0 Å². The molecule has 0 spiro atoms. The van der Waals surface area contributed by atoms with Crippen molar-refractivity contribution in [2.45, 2.75) is 18.9 Å². The highest BCUT2D eigenvalue weighted by molar-refractivity contribution is 14.1. The summed E-state index contributed by atoms with van der Waals surface area (Å²) in [5.74, 6) is 0. The number of hydrogen-bond donors (Lipinski definition) is 2. The van der Waals surface area contributed by atoms with Crippen LogP contribution in [0.5, 0.6) is 0 Å². The van der Waals surface area contributed by atoms with Crippen LogP contribution in [0.2, 0.25) is 0 Å². The molecule has 0 aromatic heterocycles. The largest absolute Gasteiger partial charge is 0.381 e. The first kappa shape index (κ1) is 7.71. The highest BCUT2D eigenvalue weighted by Crippen LogP contribution is 2.04. The summed E-state index contributed by atoms with van der Waals surface area (Å²) in [6, 6.07) is 0.607. The Balaban J connectivity index is 2.08. The van der Waals surface area contributed by atoms with Gasteiger partial charge in [0.15, 0.2) is 0 Å². The number of hydrogen-bond acceptors (Lipinski definition) is 3. The maximum Gasteiger partial charge on any atom is 0.0481 e. The van der Waals surface area contributed by atoms with Crippen LogP contribution in [-0.2, 0) is 4.74 Å². The predicted molar refractivity (Wildman–Crippen MR) is 44.1 cm³/mol. The number of halogens is 1. The third kappa shape index (κ3) is 2.79. The molecule has 1 aliphatic heterocycles. The Morgan fingerprint density at radius 2 is 2.00 bits per heavy atom. The van der Waals surface area contributed by atoms with E-state index in [1.54, 1.807) is 0 Å². The van der Waals surface area contributed by atoms with Crippen LogP contribution in [0.15, 0.2) is 0 Å².